The minimum atomic E-state index is -0.294. The highest BCUT2D eigenvalue weighted by atomic mass is 79.9. The van der Waals surface area contributed by atoms with Crippen molar-refractivity contribution in [3.8, 4) is 11.3 Å². The molecule has 0 aliphatic rings. The Hall–Kier alpha value is -2.34. The molecule has 124 valence electrons. The number of ether oxygens (including phenoxy) is 1. The standard InChI is InChI=1S/C18H18BrN3O2/c1-3-24-16(23)10-20-18-17(13-6-4-5-12(2)9-13)21-15-8-7-14(19)11-22(15)18/h4-9,11,20H,3,10H2,1-2H3. The van der Waals surface area contributed by atoms with Crippen molar-refractivity contribution in [1.82, 2.24) is 9.38 Å². The molecule has 0 unspecified atom stereocenters. The fourth-order valence-electron chi connectivity index (χ4n) is 2.55. The van der Waals surface area contributed by atoms with Crippen LogP contribution in [0.2, 0.25) is 0 Å². The molecule has 0 fully saturated rings. The average molecular weight is 388 g/mol. The lowest BCUT2D eigenvalue weighted by Crippen LogP contribution is -2.17. The van der Waals surface area contributed by atoms with Gasteiger partial charge in [-0.15, -0.1) is 0 Å². The lowest BCUT2D eigenvalue weighted by Gasteiger charge is -2.09. The van der Waals surface area contributed by atoms with Crippen LogP contribution >= 0.6 is 15.9 Å². The molecule has 5 nitrogen and oxygen atoms in total. The summed E-state index contributed by atoms with van der Waals surface area (Å²) in [5, 5.41) is 3.17. The number of anilines is 1. The second-order valence-corrected chi connectivity index (χ2v) is 6.33. The largest absolute Gasteiger partial charge is 0.465 e. The Morgan fingerprint density at radius 3 is 2.92 bits per heavy atom. The molecule has 0 spiro atoms. The number of hydrogen-bond acceptors (Lipinski definition) is 4. The number of rotatable bonds is 5. The van der Waals surface area contributed by atoms with Crippen molar-refractivity contribution in [2.45, 2.75) is 13.8 Å². The van der Waals surface area contributed by atoms with E-state index in [0.29, 0.717) is 6.61 Å². The molecule has 0 aliphatic heterocycles. The van der Waals surface area contributed by atoms with Crippen LogP contribution in [0.5, 0.6) is 0 Å². The minimum Gasteiger partial charge on any atom is -0.465 e. The molecule has 3 rings (SSSR count). The summed E-state index contributed by atoms with van der Waals surface area (Å²) < 4.78 is 7.86. The molecular formula is C18H18BrN3O2. The molecule has 3 aromatic rings. The Balaban J connectivity index is 2.07. The third-order valence-corrected chi connectivity index (χ3v) is 4.05. The fourth-order valence-corrected chi connectivity index (χ4v) is 2.89. The zero-order valence-electron chi connectivity index (χ0n) is 13.5. The molecule has 0 radical (unpaired) electrons. The van der Waals surface area contributed by atoms with Crippen LogP contribution in [0.25, 0.3) is 16.9 Å². The number of carbonyl (C=O) groups is 1. The van der Waals surface area contributed by atoms with Gasteiger partial charge in [-0.2, -0.15) is 0 Å². The highest BCUT2D eigenvalue weighted by Crippen LogP contribution is 2.30. The summed E-state index contributed by atoms with van der Waals surface area (Å²) in [6.07, 6.45) is 1.93. The normalized spacial score (nSPS) is 10.8. The maximum absolute atomic E-state index is 11.7. The van der Waals surface area contributed by atoms with Gasteiger partial charge >= 0.3 is 5.97 Å². The second kappa shape index (κ2) is 7.05. The Morgan fingerprint density at radius 2 is 2.17 bits per heavy atom. The predicted octanol–water partition coefficient (Wildman–Crippen LogP) is 4.05. The SMILES string of the molecule is CCOC(=O)CNc1c(-c2cccc(C)c2)nc2ccc(Br)cn12. The molecule has 0 bridgehead atoms. The summed E-state index contributed by atoms with van der Waals surface area (Å²) in [7, 11) is 0. The third-order valence-electron chi connectivity index (χ3n) is 3.58. The van der Waals surface area contributed by atoms with E-state index in [1.807, 2.05) is 47.9 Å². The van der Waals surface area contributed by atoms with Crippen molar-refractivity contribution in [2.24, 2.45) is 0 Å². The number of aromatic nitrogens is 2. The van der Waals surface area contributed by atoms with Gasteiger partial charge in [-0.25, -0.2) is 4.98 Å². The van der Waals surface area contributed by atoms with Crippen LogP contribution in [0.3, 0.4) is 0 Å². The number of aryl methyl sites for hydroxylation is 1. The Morgan fingerprint density at radius 1 is 1.33 bits per heavy atom. The van der Waals surface area contributed by atoms with Gasteiger partial charge in [0, 0.05) is 16.2 Å². The van der Waals surface area contributed by atoms with Gasteiger partial charge in [-0.1, -0.05) is 23.8 Å². The van der Waals surface area contributed by atoms with Gasteiger partial charge in [0.2, 0.25) is 0 Å². The third kappa shape index (κ3) is 3.43. The second-order valence-electron chi connectivity index (χ2n) is 5.41. The van der Waals surface area contributed by atoms with Gasteiger partial charge in [-0.05, 0) is 48.0 Å². The number of benzene rings is 1. The monoisotopic (exact) mass is 387 g/mol. The van der Waals surface area contributed by atoms with E-state index in [1.165, 1.54) is 0 Å². The van der Waals surface area contributed by atoms with E-state index in [9.17, 15) is 4.79 Å². The first kappa shape index (κ1) is 16.5. The Labute approximate surface area is 148 Å². The van der Waals surface area contributed by atoms with E-state index < -0.39 is 0 Å². The summed E-state index contributed by atoms with van der Waals surface area (Å²) in [6, 6.07) is 12.0. The summed E-state index contributed by atoms with van der Waals surface area (Å²) in [5.41, 5.74) is 3.77. The maximum Gasteiger partial charge on any atom is 0.325 e. The van der Waals surface area contributed by atoms with E-state index in [-0.39, 0.29) is 12.5 Å². The first-order valence-corrected chi connectivity index (χ1v) is 8.52. The number of fused-ring (bicyclic) bond motifs is 1. The molecule has 2 aromatic heterocycles. The van der Waals surface area contributed by atoms with Crippen LogP contribution in [-0.2, 0) is 9.53 Å². The molecule has 0 aliphatic carbocycles. The number of pyridine rings is 1. The van der Waals surface area contributed by atoms with E-state index in [0.717, 1.165) is 32.8 Å². The van der Waals surface area contributed by atoms with Crippen molar-refractivity contribution >= 4 is 33.4 Å². The van der Waals surface area contributed by atoms with E-state index in [4.69, 9.17) is 9.72 Å². The van der Waals surface area contributed by atoms with Crippen molar-refractivity contribution in [3.63, 3.8) is 0 Å². The zero-order chi connectivity index (χ0) is 17.1. The molecule has 0 atom stereocenters. The van der Waals surface area contributed by atoms with E-state index in [2.05, 4.69) is 27.3 Å². The van der Waals surface area contributed by atoms with Gasteiger partial charge in [0.05, 0.1) is 6.61 Å². The lowest BCUT2D eigenvalue weighted by molar-refractivity contribution is -0.140. The number of nitrogens with zero attached hydrogens (tertiary/aromatic N) is 2. The van der Waals surface area contributed by atoms with Gasteiger partial charge in [0.25, 0.3) is 0 Å². The topological polar surface area (TPSA) is 55.6 Å². The van der Waals surface area contributed by atoms with Crippen LogP contribution < -0.4 is 5.32 Å². The molecule has 1 N–H and O–H groups in total. The van der Waals surface area contributed by atoms with Crippen molar-refractivity contribution in [3.05, 3.63) is 52.6 Å². The van der Waals surface area contributed by atoms with Crippen LogP contribution in [0, 0.1) is 6.92 Å². The van der Waals surface area contributed by atoms with Crippen LogP contribution in [0.15, 0.2) is 47.1 Å². The lowest BCUT2D eigenvalue weighted by atomic mass is 10.1. The van der Waals surface area contributed by atoms with Crippen LogP contribution in [0.4, 0.5) is 5.82 Å². The van der Waals surface area contributed by atoms with Gasteiger partial charge < -0.3 is 10.1 Å². The van der Waals surface area contributed by atoms with Crippen LogP contribution in [-0.4, -0.2) is 28.5 Å². The smallest absolute Gasteiger partial charge is 0.325 e. The molecule has 0 amide bonds. The molecule has 6 heteroatoms. The molecule has 0 saturated heterocycles. The predicted molar refractivity (Wildman–Crippen MR) is 98.2 cm³/mol. The van der Waals surface area contributed by atoms with E-state index in [1.54, 1.807) is 6.92 Å². The number of halogens is 1. The number of hydrogen-bond donors (Lipinski definition) is 1. The first-order chi connectivity index (χ1) is 11.6. The van der Waals surface area contributed by atoms with Gasteiger partial charge in [0.15, 0.2) is 0 Å². The zero-order valence-corrected chi connectivity index (χ0v) is 15.1. The molecular weight excluding hydrogens is 370 g/mol. The van der Waals surface area contributed by atoms with Crippen molar-refractivity contribution in [2.75, 3.05) is 18.5 Å². The molecule has 0 saturated carbocycles. The maximum atomic E-state index is 11.7. The number of imidazole rings is 1. The van der Waals surface area contributed by atoms with Crippen molar-refractivity contribution in [1.29, 1.82) is 0 Å². The quantitative estimate of drug-likeness (QED) is 0.671. The minimum absolute atomic E-state index is 0.0902. The van der Waals surface area contributed by atoms with Crippen LogP contribution in [0.1, 0.15) is 12.5 Å². The molecule has 24 heavy (non-hydrogen) atoms. The average Bonchev–Trinajstić information content (AvgIpc) is 2.91. The van der Waals surface area contributed by atoms with Gasteiger partial charge in [0.1, 0.15) is 23.7 Å². The molecule has 1 aromatic carbocycles. The number of esters is 1. The highest BCUT2D eigenvalue weighted by Gasteiger charge is 2.15. The highest BCUT2D eigenvalue weighted by molar-refractivity contribution is 9.10. The summed E-state index contributed by atoms with van der Waals surface area (Å²) in [4.78, 5) is 16.4. The fraction of sp³-hybridized carbons (Fsp3) is 0.222. The van der Waals surface area contributed by atoms with Gasteiger partial charge in [-0.3, -0.25) is 9.20 Å². The Kier molecular flexibility index (Phi) is 4.85. The van der Waals surface area contributed by atoms with Crippen molar-refractivity contribution < 1.29 is 9.53 Å². The summed E-state index contributed by atoms with van der Waals surface area (Å²) in [6.45, 7) is 4.29. The Bertz CT molecular complexity index is 889. The summed E-state index contributed by atoms with van der Waals surface area (Å²) in [5.74, 6) is 0.475. The number of nitrogens with one attached hydrogen (secondary N) is 1. The first-order valence-electron chi connectivity index (χ1n) is 7.72. The molecule has 2 heterocycles. The number of carbonyl (C=O) groups excluding carboxylic acids is 1. The summed E-state index contributed by atoms with van der Waals surface area (Å²) >= 11 is 3.48. The van der Waals surface area contributed by atoms with E-state index >= 15 is 0 Å².